The summed E-state index contributed by atoms with van der Waals surface area (Å²) < 4.78 is 17.8. The molecule has 1 saturated carbocycles. The van der Waals surface area contributed by atoms with Gasteiger partial charge in [-0.05, 0) is 51.5 Å². The van der Waals surface area contributed by atoms with Crippen LogP contribution in [0.1, 0.15) is 46.5 Å². The fourth-order valence-electron chi connectivity index (χ4n) is 9.26. The summed E-state index contributed by atoms with van der Waals surface area (Å²) in [5.74, 6) is -9.26. The van der Waals surface area contributed by atoms with E-state index >= 15 is 0 Å². The predicted octanol–water partition coefficient (Wildman–Crippen LogP) is 0.430. The number of Topliss-reactive ketones (excluding diaryl/α,β-unsaturated/α-hetero) is 1. The average Bonchev–Trinajstić information content (AvgIpc) is 3.19. The Bertz CT molecular complexity index is 1350. The first kappa shape index (κ1) is 24.4. The highest BCUT2D eigenvalue weighted by molar-refractivity contribution is 6.02. The zero-order chi connectivity index (χ0) is 27.4. The average molecular weight is 527 g/mol. The van der Waals surface area contributed by atoms with Crippen LogP contribution in [0.2, 0.25) is 0 Å². The van der Waals surface area contributed by atoms with E-state index in [-0.39, 0.29) is 30.6 Å². The zero-order valence-corrected chi connectivity index (χ0v) is 21.4. The zero-order valence-electron chi connectivity index (χ0n) is 21.4. The number of esters is 2. The lowest BCUT2D eigenvalue weighted by Crippen LogP contribution is -2.77. The molecule has 3 aliphatic carbocycles. The Kier molecular flexibility index (Phi) is 4.20. The maximum Gasteiger partial charge on any atom is 0.342 e. The molecule has 38 heavy (non-hydrogen) atoms. The van der Waals surface area contributed by atoms with Crippen molar-refractivity contribution in [1.29, 1.82) is 0 Å². The van der Waals surface area contributed by atoms with Gasteiger partial charge in [0, 0.05) is 11.0 Å². The van der Waals surface area contributed by atoms with Gasteiger partial charge < -0.3 is 29.5 Å². The number of allylic oxidation sites excluding steroid dienone is 3. The van der Waals surface area contributed by atoms with Crippen LogP contribution in [0.3, 0.4) is 0 Å². The number of rotatable bonds is 0. The summed E-state index contributed by atoms with van der Waals surface area (Å²) in [5, 5.41) is 36.0. The second kappa shape index (κ2) is 6.55. The quantitative estimate of drug-likeness (QED) is 0.230. The summed E-state index contributed by atoms with van der Waals surface area (Å²) in [7, 11) is 0. The molecular formula is C28H30O10. The van der Waals surface area contributed by atoms with Crippen LogP contribution < -0.4 is 0 Å². The fourth-order valence-corrected chi connectivity index (χ4v) is 9.26. The molecular weight excluding hydrogens is 496 g/mol. The molecule has 7 rings (SSSR count). The number of carbonyl (C=O) groups excluding carboxylic acids is 4. The van der Waals surface area contributed by atoms with Crippen LogP contribution >= 0.6 is 0 Å². The molecule has 4 saturated heterocycles. The molecule has 10 nitrogen and oxygen atoms in total. The first-order chi connectivity index (χ1) is 17.6. The molecule has 0 amide bonds. The number of fused-ring (bicyclic) bond motifs is 9. The summed E-state index contributed by atoms with van der Waals surface area (Å²) in [4.78, 5) is 54.4. The summed E-state index contributed by atoms with van der Waals surface area (Å²) in [6.45, 7) is 8.65. The molecule has 11 atom stereocenters. The Morgan fingerprint density at radius 2 is 1.82 bits per heavy atom. The molecule has 1 spiro atoms. The minimum Gasteiger partial charge on any atom is -0.455 e. The van der Waals surface area contributed by atoms with E-state index in [1.54, 1.807) is 19.9 Å². The van der Waals surface area contributed by atoms with E-state index in [1.165, 1.54) is 19.1 Å². The number of hydrogen-bond donors (Lipinski definition) is 3. The van der Waals surface area contributed by atoms with Gasteiger partial charge >= 0.3 is 11.9 Å². The van der Waals surface area contributed by atoms with Crippen LogP contribution in [0, 0.1) is 28.6 Å². The maximum absolute atomic E-state index is 14.6. The van der Waals surface area contributed by atoms with E-state index in [0.29, 0.717) is 12.0 Å². The van der Waals surface area contributed by atoms with Crippen LogP contribution in [0.5, 0.6) is 0 Å². The standard InChI is InChI=1S/C28H30O10/c1-12-21(32)36-17-11-23(12,2)19-20(31)27(35)18-14(24(3)13(10-15(18)29)6-5-7-16(24)30)8-9-26(34)22(33)37-25(17,4)28(19,26)38-27/h5,7,10,14-15,17-19,29,34-35H,1,6,8-9,11H2,2-4H3/t14-,15+,17+,18?,19?,23+,24-,25-,26+,27-,28-/m0/s1. The van der Waals surface area contributed by atoms with Gasteiger partial charge in [-0.15, -0.1) is 0 Å². The first-order valence-corrected chi connectivity index (χ1v) is 13.1. The third-order valence-electron chi connectivity index (χ3n) is 11.3. The van der Waals surface area contributed by atoms with Gasteiger partial charge in [0.1, 0.15) is 6.10 Å². The molecule has 2 unspecified atom stereocenters. The van der Waals surface area contributed by atoms with Crippen molar-refractivity contribution in [2.45, 2.75) is 81.3 Å². The van der Waals surface area contributed by atoms with E-state index in [9.17, 15) is 34.5 Å². The number of ether oxygens (including phenoxy) is 3. The van der Waals surface area contributed by atoms with E-state index in [1.807, 2.05) is 0 Å². The van der Waals surface area contributed by atoms with Crippen LogP contribution in [-0.2, 0) is 33.4 Å². The van der Waals surface area contributed by atoms with Crippen molar-refractivity contribution in [1.82, 2.24) is 0 Å². The Balaban J connectivity index is 1.52. The van der Waals surface area contributed by atoms with Gasteiger partial charge in [-0.25, -0.2) is 9.59 Å². The molecule has 4 heterocycles. The topological polar surface area (TPSA) is 157 Å². The monoisotopic (exact) mass is 526 g/mol. The molecule has 3 N–H and O–H groups in total. The van der Waals surface area contributed by atoms with Crippen LogP contribution in [0.4, 0.5) is 0 Å². The van der Waals surface area contributed by atoms with E-state index < -0.39 is 81.1 Å². The highest BCUT2D eigenvalue weighted by Gasteiger charge is 2.92. The third kappa shape index (κ3) is 2.15. The number of ketones is 2. The van der Waals surface area contributed by atoms with Gasteiger partial charge in [0.15, 0.2) is 28.4 Å². The van der Waals surface area contributed by atoms with Gasteiger partial charge in [0.25, 0.3) is 0 Å². The van der Waals surface area contributed by atoms with Crippen LogP contribution in [0.15, 0.2) is 36.0 Å². The van der Waals surface area contributed by atoms with Gasteiger partial charge in [-0.2, -0.15) is 0 Å². The SMILES string of the molecule is C=C1C(=O)O[C@@H]2C[C@@]1(C)C1C(=O)[C@@]3(O)O[C@@]14[C@@](O)(CC[C@H]1C3[C@H](O)C=C3CC=CC(=O)[C@@]31C)C(=O)O[C@@]24C. The van der Waals surface area contributed by atoms with Gasteiger partial charge in [-0.1, -0.05) is 31.2 Å². The molecule has 0 radical (unpaired) electrons. The minimum atomic E-state index is -2.71. The van der Waals surface area contributed by atoms with Gasteiger partial charge in [-0.3, -0.25) is 9.59 Å². The number of aliphatic hydroxyl groups excluding tert-OH is 1. The Labute approximate surface area is 218 Å². The largest absolute Gasteiger partial charge is 0.455 e. The van der Waals surface area contributed by atoms with E-state index in [2.05, 4.69) is 6.58 Å². The molecule has 0 aromatic heterocycles. The Morgan fingerprint density at radius 1 is 1.11 bits per heavy atom. The second-order valence-electron chi connectivity index (χ2n) is 12.7. The molecule has 4 bridgehead atoms. The first-order valence-electron chi connectivity index (χ1n) is 13.1. The smallest absolute Gasteiger partial charge is 0.342 e. The summed E-state index contributed by atoms with van der Waals surface area (Å²) in [5.41, 5.74) is -8.34. The van der Waals surface area contributed by atoms with E-state index in [0.717, 1.165) is 0 Å². The molecule has 202 valence electrons. The van der Waals surface area contributed by atoms with Gasteiger partial charge in [0.05, 0.1) is 23.4 Å². The summed E-state index contributed by atoms with van der Waals surface area (Å²) in [6.07, 6.45) is 2.38. The molecule has 7 aliphatic rings. The predicted molar refractivity (Wildman–Crippen MR) is 126 cm³/mol. The lowest BCUT2D eigenvalue weighted by atomic mass is 9.47. The lowest BCUT2D eigenvalue weighted by molar-refractivity contribution is -0.344. The van der Waals surface area contributed by atoms with Crippen LogP contribution in [-0.4, -0.2) is 73.6 Å². The van der Waals surface area contributed by atoms with Crippen molar-refractivity contribution in [3.8, 4) is 0 Å². The number of carbonyl (C=O) groups is 4. The maximum atomic E-state index is 14.6. The number of aliphatic hydroxyl groups is 3. The molecule has 0 aromatic rings. The normalized spacial score (nSPS) is 56.2. The van der Waals surface area contributed by atoms with Crippen molar-refractivity contribution in [2.75, 3.05) is 0 Å². The van der Waals surface area contributed by atoms with Crippen molar-refractivity contribution in [3.63, 3.8) is 0 Å². The highest BCUT2D eigenvalue weighted by atomic mass is 16.7. The fraction of sp³-hybridized carbons (Fsp3) is 0.643. The van der Waals surface area contributed by atoms with Crippen molar-refractivity contribution in [2.24, 2.45) is 28.6 Å². The van der Waals surface area contributed by atoms with Crippen molar-refractivity contribution < 1.29 is 48.7 Å². The summed E-state index contributed by atoms with van der Waals surface area (Å²) >= 11 is 0. The second-order valence-corrected chi connectivity index (χ2v) is 12.7. The Hall–Kier alpha value is -2.66. The highest BCUT2D eigenvalue weighted by Crippen LogP contribution is 2.73. The third-order valence-corrected chi connectivity index (χ3v) is 11.3. The lowest BCUT2D eigenvalue weighted by Gasteiger charge is -2.60. The summed E-state index contributed by atoms with van der Waals surface area (Å²) in [6, 6.07) is 0. The minimum absolute atomic E-state index is 0.00631. The molecule has 4 aliphatic heterocycles. The molecule has 5 fully saturated rings. The number of hydrogen-bond acceptors (Lipinski definition) is 10. The van der Waals surface area contributed by atoms with E-state index in [4.69, 9.17) is 14.2 Å². The molecule has 0 aromatic carbocycles. The molecule has 10 heteroatoms. The van der Waals surface area contributed by atoms with Crippen LogP contribution in [0.25, 0.3) is 0 Å². The van der Waals surface area contributed by atoms with Crippen molar-refractivity contribution >= 4 is 23.5 Å². The Morgan fingerprint density at radius 3 is 2.53 bits per heavy atom. The van der Waals surface area contributed by atoms with Crippen molar-refractivity contribution in [3.05, 3.63) is 36.0 Å². The van der Waals surface area contributed by atoms with Gasteiger partial charge in [0.2, 0.25) is 5.79 Å².